The van der Waals surface area contributed by atoms with E-state index in [-0.39, 0.29) is 11.9 Å². The molecule has 3 aromatic carbocycles. The minimum absolute atomic E-state index is 0.141. The lowest BCUT2D eigenvalue weighted by atomic mass is 9.87. The lowest BCUT2D eigenvalue weighted by Crippen LogP contribution is -2.36. The molecule has 25 heavy (non-hydrogen) atoms. The molecule has 0 fully saturated rings. The standard InChI is InChI=1S/C22H20FNO/c1-25-18-11-12-19-16(15-18)13-14-24(17-7-3-2-4-8-17)22(19)20-9-5-6-10-21(20)23/h2-12,15,22H,13-14H2,1H3/t22-/m0/s1. The van der Waals surface area contributed by atoms with Crippen molar-refractivity contribution in [2.75, 3.05) is 18.6 Å². The Balaban J connectivity index is 1.88. The average molecular weight is 333 g/mol. The smallest absolute Gasteiger partial charge is 0.128 e. The Hall–Kier alpha value is -2.81. The van der Waals surface area contributed by atoms with Gasteiger partial charge in [0.15, 0.2) is 0 Å². The largest absolute Gasteiger partial charge is 0.497 e. The predicted octanol–water partition coefficient (Wildman–Crippen LogP) is 4.99. The normalized spacial score (nSPS) is 16.4. The summed E-state index contributed by atoms with van der Waals surface area (Å²) in [6.07, 6.45) is 0.909. The van der Waals surface area contributed by atoms with Crippen LogP contribution in [-0.2, 0) is 6.42 Å². The molecule has 0 radical (unpaired) electrons. The summed E-state index contributed by atoms with van der Waals surface area (Å²) in [7, 11) is 1.68. The van der Waals surface area contributed by atoms with Crippen molar-refractivity contribution < 1.29 is 9.13 Å². The van der Waals surface area contributed by atoms with Crippen LogP contribution in [-0.4, -0.2) is 13.7 Å². The summed E-state index contributed by atoms with van der Waals surface area (Å²) in [6.45, 7) is 0.836. The van der Waals surface area contributed by atoms with Crippen molar-refractivity contribution in [3.8, 4) is 5.75 Å². The van der Waals surface area contributed by atoms with E-state index in [4.69, 9.17) is 4.74 Å². The molecule has 1 heterocycles. The number of rotatable bonds is 3. The van der Waals surface area contributed by atoms with Crippen molar-refractivity contribution in [2.45, 2.75) is 12.5 Å². The lowest BCUT2D eigenvalue weighted by molar-refractivity contribution is 0.413. The van der Waals surface area contributed by atoms with E-state index in [2.05, 4.69) is 29.2 Å². The number of hydrogen-bond acceptors (Lipinski definition) is 2. The minimum Gasteiger partial charge on any atom is -0.497 e. The first-order valence-corrected chi connectivity index (χ1v) is 8.51. The van der Waals surface area contributed by atoms with E-state index in [1.54, 1.807) is 13.2 Å². The summed E-state index contributed by atoms with van der Waals surface area (Å²) in [5.74, 6) is 0.677. The zero-order valence-electron chi connectivity index (χ0n) is 14.2. The zero-order chi connectivity index (χ0) is 17.2. The van der Waals surface area contributed by atoms with Crippen LogP contribution in [0, 0.1) is 5.82 Å². The molecule has 4 rings (SSSR count). The fraction of sp³-hybridized carbons (Fsp3) is 0.182. The van der Waals surface area contributed by atoms with Crippen LogP contribution in [0.4, 0.5) is 10.1 Å². The van der Waals surface area contributed by atoms with E-state index in [9.17, 15) is 4.39 Å². The van der Waals surface area contributed by atoms with Crippen molar-refractivity contribution in [3.05, 3.63) is 95.3 Å². The maximum Gasteiger partial charge on any atom is 0.128 e. The third kappa shape index (κ3) is 2.86. The number of ether oxygens (including phenoxy) is 1. The number of halogens is 1. The second kappa shape index (κ2) is 6.60. The van der Waals surface area contributed by atoms with Crippen molar-refractivity contribution in [2.24, 2.45) is 0 Å². The van der Waals surface area contributed by atoms with Gasteiger partial charge in [-0.25, -0.2) is 4.39 Å². The highest BCUT2D eigenvalue weighted by Crippen LogP contribution is 2.40. The fourth-order valence-electron chi connectivity index (χ4n) is 3.66. The van der Waals surface area contributed by atoms with Gasteiger partial charge in [-0.3, -0.25) is 0 Å². The molecule has 1 aliphatic heterocycles. The maximum absolute atomic E-state index is 14.7. The molecule has 0 saturated carbocycles. The Bertz CT molecular complexity index is 878. The molecule has 3 aromatic rings. The Morgan fingerprint density at radius 3 is 2.44 bits per heavy atom. The van der Waals surface area contributed by atoms with E-state index in [0.29, 0.717) is 5.56 Å². The molecule has 0 saturated heterocycles. The highest BCUT2D eigenvalue weighted by molar-refractivity contribution is 5.56. The second-order valence-corrected chi connectivity index (χ2v) is 6.27. The SMILES string of the molecule is COc1ccc2c(c1)CCN(c1ccccc1)[C@@H]2c1ccccc1F. The molecule has 0 spiro atoms. The monoisotopic (exact) mass is 333 g/mol. The molecule has 0 N–H and O–H groups in total. The molecule has 2 nitrogen and oxygen atoms in total. The van der Waals surface area contributed by atoms with Crippen molar-refractivity contribution in [1.82, 2.24) is 0 Å². The number of nitrogens with zero attached hydrogens (tertiary/aromatic N) is 1. The number of methoxy groups -OCH3 is 1. The molecule has 1 aliphatic rings. The summed E-state index contributed by atoms with van der Waals surface area (Å²) in [5.41, 5.74) is 4.18. The van der Waals surface area contributed by atoms with Crippen LogP contribution in [0.2, 0.25) is 0 Å². The Kier molecular flexibility index (Phi) is 4.14. The molecule has 0 amide bonds. The quantitative estimate of drug-likeness (QED) is 0.670. The van der Waals surface area contributed by atoms with Crippen LogP contribution in [0.15, 0.2) is 72.8 Å². The van der Waals surface area contributed by atoms with E-state index < -0.39 is 0 Å². The van der Waals surface area contributed by atoms with Gasteiger partial charge in [0.05, 0.1) is 13.2 Å². The van der Waals surface area contributed by atoms with Gasteiger partial charge in [-0.1, -0.05) is 42.5 Å². The summed E-state index contributed by atoms with van der Waals surface area (Å²) in [6, 6.07) is 23.3. The summed E-state index contributed by atoms with van der Waals surface area (Å²) in [5, 5.41) is 0. The lowest BCUT2D eigenvalue weighted by Gasteiger charge is -2.39. The average Bonchev–Trinajstić information content (AvgIpc) is 2.68. The fourth-order valence-corrected chi connectivity index (χ4v) is 3.66. The van der Waals surface area contributed by atoms with Crippen LogP contribution >= 0.6 is 0 Å². The Labute approximate surface area is 147 Å². The third-order valence-electron chi connectivity index (χ3n) is 4.87. The molecule has 0 bridgehead atoms. The number of hydrogen-bond donors (Lipinski definition) is 0. The van der Waals surface area contributed by atoms with Crippen molar-refractivity contribution in [1.29, 1.82) is 0 Å². The number of anilines is 1. The molecular weight excluding hydrogens is 313 g/mol. The molecule has 3 heteroatoms. The summed E-state index contributed by atoms with van der Waals surface area (Å²) < 4.78 is 20.0. The second-order valence-electron chi connectivity index (χ2n) is 6.27. The van der Waals surface area contributed by atoms with Gasteiger partial charge in [-0.05, 0) is 47.9 Å². The van der Waals surface area contributed by atoms with Gasteiger partial charge < -0.3 is 9.64 Å². The molecular formula is C22H20FNO. The highest BCUT2D eigenvalue weighted by Gasteiger charge is 2.30. The van der Waals surface area contributed by atoms with Gasteiger partial charge >= 0.3 is 0 Å². The predicted molar refractivity (Wildman–Crippen MR) is 98.7 cm³/mol. The Morgan fingerprint density at radius 1 is 0.920 bits per heavy atom. The molecule has 0 aromatic heterocycles. The van der Waals surface area contributed by atoms with Crippen molar-refractivity contribution in [3.63, 3.8) is 0 Å². The molecule has 1 atom stereocenters. The van der Waals surface area contributed by atoms with Gasteiger partial charge in [0.2, 0.25) is 0 Å². The van der Waals surface area contributed by atoms with Gasteiger partial charge in [0, 0.05) is 17.8 Å². The maximum atomic E-state index is 14.7. The highest BCUT2D eigenvalue weighted by atomic mass is 19.1. The first-order valence-electron chi connectivity index (χ1n) is 8.51. The van der Waals surface area contributed by atoms with Crippen LogP contribution in [0.3, 0.4) is 0 Å². The van der Waals surface area contributed by atoms with Gasteiger partial charge in [0.1, 0.15) is 11.6 Å². The van der Waals surface area contributed by atoms with Crippen LogP contribution in [0.5, 0.6) is 5.75 Å². The number of fused-ring (bicyclic) bond motifs is 1. The van der Waals surface area contributed by atoms with E-state index in [1.807, 2.05) is 36.4 Å². The number of para-hydroxylation sites is 1. The Morgan fingerprint density at radius 2 is 1.68 bits per heavy atom. The summed E-state index contributed by atoms with van der Waals surface area (Å²) in [4.78, 5) is 2.28. The summed E-state index contributed by atoms with van der Waals surface area (Å²) >= 11 is 0. The topological polar surface area (TPSA) is 12.5 Å². The van der Waals surface area contributed by atoms with Gasteiger partial charge in [-0.15, -0.1) is 0 Å². The van der Waals surface area contributed by atoms with Crippen LogP contribution < -0.4 is 9.64 Å². The molecule has 126 valence electrons. The van der Waals surface area contributed by atoms with E-state index in [0.717, 1.165) is 30.0 Å². The van der Waals surface area contributed by atoms with Gasteiger partial charge in [0.25, 0.3) is 0 Å². The molecule has 0 unspecified atom stereocenters. The van der Waals surface area contributed by atoms with E-state index in [1.165, 1.54) is 11.6 Å². The van der Waals surface area contributed by atoms with Gasteiger partial charge in [-0.2, -0.15) is 0 Å². The van der Waals surface area contributed by atoms with E-state index >= 15 is 0 Å². The first kappa shape index (κ1) is 15.7. The van der Waals surface area contributed by atoms with Crippen LogP contribution in [0.1, 0.15) is 22.7 Å². The van der Waals surface area contributed by atoms with Crippen LogP contribution in [0.25, 0.3) is 0 Å². The third-order valence-corrected chi connectivity index (χ3v) is 4.87. The zero-order valence-corrected chi connectivity index (χ0v) is 14.2. The van der Waals surface area contributed by atoms with Crippen molar-refractivity contribution >= 4 is 5.69 Å². The number of benzene rings is 3. The first-order chi connectivity index (χ1) is 12.3. The minimum atomic E-state index is -0.169. The molecule has 0 aliphatic carbocycles.